The fraction of sp³-hybridized carbons (Fsp3) is 0.108. The Kier molecular flexibility index (Phi) is 9.99. The summed E-state index contributed by atoms with van der Waals surface area (Å²) < 4.78 is 0. The molecule has 352 valence electrons. The number of hydrogen-bond donors (Lipinski definition) is 0. The molecule has 0 bridgehead atoms. The smallest absolute Gasteiger partial charge is 0.0622 e. The molecule has 0 heteroatoms. The van der Waals surface area contributed by atoms with E-state index in [-0.39, 0.29) is 5.41 Å². The van der Waals surface area contributed by atoms with E-state index >= 15 is 0 Å². The topological polar surface area (TPSA) is 0 Å². The first-order chi connectivity index (χ1) is 36.3. The highest BCUT2D eigenvalue weighted by Gasteiger charge is 2.49. The van der Waals surface area contributed by atoms with Crippen molar-refractivity contribution in [3.8, 4) is 55.6 Å². The minimum absolute atomic E-state index is 0.103. The van der Waals surface area contributed by atoms with Crippen molar-refractivity contribution in [1.82, 2.24) is 0 Å². The van der Waals surface area contributed by atoms with E-state index in [1.54, 1.807) is 0 Å². The summed E-state index contributed by atoms with van der Waals surface area (Å²) in [6, 6.07) is 96.7. The first kappa shape index (κ1) is 44.1. The van der Waals surface area contributed by atoms with Crippen LogP contribution >= 0.6 is 0 Å². The van der Waals surface area contributed by atoms with Gasteiger partial charge in [0, 0.05) is 5.41 Å². The monoisotopic (exact) mass is 944 g/mol. The molecule has 3 aliphatic carbocycles. The maximum atomic E-state index is 2.51. The maximum Gasteiger partial charge on any atom is 0.0716 e. The predicted octanol–water partition coefficient (Wildman–Crippen LogP) is 18.3. The van der Waals surface area contributed by atoms with Crippen molar-refractivity contribution < 1.29 is 0 Å². The Bertz CT molecular complexity index is 4010. The molecule has 0 saturated heterocycles. The number of hydrogen-bond acceptors (Lipinski definition) is 0. The number of fused-ring (bicyclic) bond motifs is 9. The fourth-order valence-electron chi connectivity index (χ4n) is 14.1. The molecule has 0 radical (unpaired) electrons. The van der Waals surface area contributed by atoms with E-state index in [1.165, 1.54) is 134 Å². The van der Waals surface area contributed by atoms with E-state index in [1.807, 2.05) is 0 Å². The minimum Gasteiger partial charge on any atom is -0.0622 e. The molecule has 11 aromatic rings. The Morgan fingerprint density at radius 2 is 0.878 bits per heavy atom. The third-order valence-electron chi connectivity index (χ3n) is 17.3. The fourth-order valence-corrected chi connectivity index (χ4v) is 14.1. The first-order valence-corrected chi connectivity index (χ1v) is 26.4. The molecule has 0 fully saturated rings. The van der Waals surface area contributed by atoms with Crippen LogP contribution in [0.5, 0.6) is 0 Å². The Balaban J connectivity index is 0.917. The maximum absolute atomic E-state index is 2.51. The van der Waals surface area contributed by atoms with E-state index in [0.29, 0.717) is 0 Å². The molecule has 0 aliphatic heterocycles. The molecule has 0 heterocycles. The van der Waals surface area contributed by atoms with E-state index in [2.05, 4.69) is 282 Å². The third kappa shape index (κ3) is 6.28. The molecule has 2 atom stereocenters. The van der Waals surface area contributed by atoms with Crippen LogP contribution < -0.4 is 0 Å². The van der Waals surface area contributed by atoms with Gasteiger partial charge in [-0.25, -0.2) is 0 Å². The Labute approximate surface area is 436 Å². The number of aryl methyl sites for hydroxylation is 2. The van der Waals surface area contributed by atoms with Gasteiger partial charge in [0.2, 0.25) is 0 Å². The SMILES string of the molecule is Cc1ccc2c(c1)C(c1ccccc1)(c1cccc(-c3cccc4c3-c3cccc(C)c3C4(c3ccccc3)c3ccc(Cc4cccc5c4-c4ccc(-c6ccccc6)cc4C5(C)C)cc3)c1)c1ccccc1-2. The van der Waals surface area contributed by atoms with Crippen molar-refractivity contribution >= 4 is 0 Å². The standard InChI is InChI=1S/C74H56/c1-48-36-42-61-60-30-14-15-33-64(60)73(68(61)44-48,55-25-10-6-11-26-55)58-29-17-23-53(46-58)59-31-19-35-66-70(59)63-32-16-20-49(2)71(63)74(66,56-27-12-7-13-28-56)57-40-37-50(38-41-57)45-54-24-18-34-65-69(54)62-43-39-52(47-67(62)72(65,3)4)51-21-8-5-9-22-51/h5-44,46-47H,45H2,1-4H3. The van der Waals surface area contributed by atoms with Crippen LogP contribution in [-0.2, 0) is 22.7 Å². The van der Waals surface area contributed by atoms with Gasteiger partial charge in [-0.3, -0.25) is 0 Å². The molecule has 0 aromatic heterocycles. The van der Waals surface area contributed by atoms with Gasteiger partial charge in [0.15, 0.2) is 0 Å². The zero-order valence-corrected chi connectivity index (χ0v) is 42.5. The lowest BCUT2D eigenvalue weighted by Crippen LogP contribution is -2.29. The molecule has 74 heavy (non-hydrogen) atoms. The van der Waals surface area contributed by atoms with Crippen LogP contribution in [-0.4, -0.2) is 0 Å². The van der Waals surface area contributed by atoms with Crippen LogP contribution in [0.4, 0.5) is 0 Å². The normalized spacial score (nSPS) is 17.2. The summed E-state index contributed by atoms with van der Waals surface area (Å²) in [7, 11) is 0. The molecule has 2 unspecified atom stereocenters. The van der Waals surface area contributed by atoms with E-state index in [0.717, 1.165) is 6.42 Å². The van der Waals surface area contributed by atoms with Gasteiger partial charge in [-0.1, -0.05) is 262 Å². The van der Waals surface area contributed by atoms with Crippen molar-refractivity contribution in [2.24, 2.45) is 0 Å². The van der Waals surface area contributed by atoms with Crippen LogP contribution in [0.1, 0.15) is 91.7 Å². The van der Waals surface area contributed by atoms with Gasteiger partial charge in [-0.2, -0.15) is 0 Å². The molecule has 11 aromatic carbocycles. The van der Waals surface area contributed by atoms with Gasteiger partial charge in [0.05, 0.1) is 10.8 Å². The summed E-state index contributed by atoms with van der Waals surface area (Å²) in [6.07, 6.45) is 0.851. The number of benzene rings is 11. The van der Waals surface area contributed by atoms with Gasteiger partial charge < -0.3 is 0 Å². The molecular weight excluding hydrogens is 889 g/mol. The summed E-state index contributed by atoms with van der Waals surface area (Å²) in [6.45, 7) is 9.33. The lowest BCUT2D eigenvalue weighted by molar-refractivity contribution is 0.660. The zero-order valence-electron chi connectivity index (χ0n) is 42.5. The second kappa shape index (κ2) is 16.7. The number of rotatable bonds is 8. The van der Waals surface area contributed by atoms with E-state index in [9.17, 15) is 0 Å². The minimum atomic E-state index is -0.553. The Hall–Kier alpha value is -8.58. The second-order valence-electron chi connectivity index (χ2n) is 21.6. The van der Waals surface area contributed by atoms with E-state index in [4.69, 9.17) is 0 Å². The van der Waals surface area contributed by atoms with Crippen molar-refractivity contribution in [1.29, 1.82) is 0 Å². The summed E-state index contributed by atoms with van der Waals surface area (Å²) in [5.74, 6) is 0. The molecule has 0 nitrogen and oxygen atoms in total. The van der Waals surface area contributed by atoms with Crippen LogP contribution in [0.2, 0.25) is 0 Å². The first-order valence-electron chi connectivity index (χ1n) is 26.4. The molecule has 0 N–H and O–H groups in total. The van der Waals surface area contributed by atoms with Crippen molar-refractivity contribution in [2.45, 2.75) is 50.4 Å². The van der Waals surface area contributed by atoms with Gasteiger partial charge in [0.1, 0.15) is 0 Å². The molecule has 0 amide bonds. The van der Waals surface area contributed by atoms with Gasteiger partial charge in [0.25, 0.3) is 0 Å². The highest BCUT2D eigenvalue weighted by atomic mass is 14.5. The lowest BCUT2D eigenvalue weighted by atomic mass is 9.66. The molecule has 14 rings (SSSR count). The lowest BCUT2D eigenvalue weighted by Gasteiger charge is -2.35. The van der Waals surface area contributed by atoms with Gasteiger partial charge >= 0.3 is 0 Å². The molecular formula is C74H56. The van der Waals surface area contributed by atoms with Crippen molar-refractivity contribution in [3.05, 3.63) is 333 Å². The molecule has 3 aliphatic rings. The average Bonchev–Trinajstić information content (AvgIpc) is 4.16. The van der Waals surface area contributed by atoms with Crippen LogP contribution in [0.3, 0.4) is 0 Å². The summed E-state index contributed by atoms with van der Waals surface area (Å²) in [5, 5.41) is 0. The second-order valence-corrected chi connectivity index (χ2v) is 21.6. The Morgan fingerprint density at radius 3 is 1.66 bits per heavy atom. The van der Waals surface area contributed by atoms with Crippen molar-refractivity contribution in [3.63, 3.8) is 0 Å². The van der Waals surface area contributed by atoms with Crippen LogP contribution in [0.25, 0.3) is 55.6 Å². The molecule has 0 saturated carbocycles. The highest BCUT2D eigenvalue weighted by molar-refractivity contribution is 5.97. The predicted molar refractivity (Wildman–Crippen MR) is 308 cm³/mol. The summed E-state index contributed by atoms with van der Waals surface area (Å²) in [5.41, 5.74) is 30.4. The third-order valence-corrected chi connectivity index (χ3v) is 17.3. The van der Waals surface area contributed by atoms with Gasteiger partial charge in [-0.05, 0) is 160 Å². The highest BCUT2D eigenvalue weighted by Crippen LogP contribution is 2.61. The van der Waals surface area contributed by atoms with Crippen LogP contribution in [0.15, 0.2) is 255 Å². The van der Waals surface area contributed by atoms with Crippen LogP contribution in [0, 0.1) is 13.8 Å². The summed E-state index contributed by atoms with van der Waals surface area (Å²) >= 11 is 0. The van der Waals surface area contributed by atoms with Crippen molar-refractivity contribution in [2.75, 3.05) is 0 Å². The van der Waals surface area contributed by atoms with E-state index < -0.39 is 10.8 Å². The molecule has 0 spiro atoms. The largest absolute Gasteiger partial charge is 0.0716 e. The zero-order chi connectivity index (χ0) is 49.8. The summed E-state index contributed by atoms with van der Waals surface area (Å²) in [4.78, 5) is 0. The van der Waals surface area contributed by atoms with Gasteiger partial charge in [-0.15, -0.1) is 0 Å². The Morgan fingerprint density at radius 1 is 0.311 bits per heavy atom. The average molecular weight is 945 g/mol. The quantitative estimate of drug-likeness (QED) is 0.142.